The average Bonchev–Trinajstić information content (AvgIpc) is 3.37. The molecule has 1 aromatic carbocycles. The number of piperazine rings is 1. The molecule has 2 aliphatic rings. The van der Waals surface area contributed by atoms with E-state index in [9.17, 15) is 18.8 Å². The highest BCUT2D eigenvalue weighted by atomic mass is 19.1. The van der Waals surface area contributed by atoms with E-state index in [1.165, 1.54) is 18.3 Å². The summed E-state index contributed by atoms with van der Waals surface area (Å²) in [5.74, 6) is -1.23. The van der Waals surface area contributed by atoms with Crippen molar-refractivity contribution in [3.05, 3.63) is 69.4 Å². The number of halogens is 1. The summed E-state index contributed by atoms with van der Waals surface area (Å²) in [5, 5.41) is 2.75. The lowest BCUT2D eigenvalue weighted by molar-refractivity contribution is 0.0592. The molecule has 2 fully saturated rings. The summed E-state index contributed by atoms with van der Waals surface area (Å²) in [6, 6.07) is 6.57. The zero-order valence-corrected chi connectivity index (χ0v) is 21.0. The van der Waals surface area contributed by atoms with Crippen LogP contribution in [0.5, 0.6) is 0 Å². The first-order valence-electron chi connectivity index (χ1n) is 12.7. The molecule has 0 bridgehead atoms. The molecule has 1 aromatic heterocycles. The first-order valence-corrected chi connectivity index (χ1v) is 12.7. The summed E-state index contributed by atoms with van der Waals surface area (Å²) in [6.45, 7) is 8.19. The molecule has 0 spiro atoms. The van der Waals surface area contributed by atoms with Crippen LogP contribution < -0.4 is 10.7 Å². The molecule has 8 nitrogen and oxygen atoms in total. The molecule has 2 aliphatic heterocycles. The van der Waals surface area contributed by atoms with Crippen LogP contribution in [0.1, 0.15) is 53.0 Å². The fraction of sp³-hybridized carbons (Fsp3) is 0.519. The monoisotopic (exact) mass is 498 g/mol. The Balaban J connectivity index is 1.52. The van der Waals surface area contributed by atoms with Crippen LogP contribution in [0.4, 0.5) is 4.39 Å². The predicted octanol–water partition coefficient (Wildman–Crippen LogP) is 2.31. The molecule has 2 saturated heterocycles. The van der Waals surface area contributed by atoms with Gasteiger partial charge in [-0.15, -0.1) is 0 Å². The fourth-order valence-corrected chi connectivity index (χ4v) is 4.79. The Morgan fingerprint density at radius 2 is 1.89 bits per heavy atom. The maximum atomic E-state index is 13.4. The van der Waals surface area contributed by atoms with E-state index in [2.05, 4.69) is 24.1 Å². The Morgan fingerprint density at radius 3 is 2.56 bits per heavy atom. The van der Waals surface area contributed by atoms with E-state index < -0.39 is 11.3 Å². The standard InChI is InChI=1S/C27H35FN4O4/c1-19(2)31-10-12-32(13-11-31)27(35)24-18-30(16-22-7-4-14-36-22)17-23(25(24)33)26(34)29-9-8-20-5-3-6-21(28)15-20/h3,5-6,15,17-19,22H,4,7-14,16H2,1-2H3,(H,29,34). The molecule has 3 heterocycles. The minimum atomic E-state index is -0.571. The number of hydrogen-bond donors (Lipinski definition) is 1. The van der Waals surface area contributed by atoms with Crippen LogP contribution in [0.15, 0.2) is 41.5 Å². The Bertz CT molecular complexity index is 1130. The van der Waals surface area contributed by atoms with Gasteiger partial charge in [0, 0.05) is 64.3 Å². The first-order chi connectivity index (χ1) is 17.3. The van der Waals surface area contributed by atoms with Crippen molar-refractivity contribution in [1.29, 1.82) is 0 Å². The lowest BCUT2D eigenvalue weighted by atomic mass is 10.1. The predicted molar refractivity (Wildman–Crippen MR) is 135 cm³/mol. The summed E-state index contributed by atoms with van der Waals surface area (Å²) >= 11 is 0. The van der Waals surface area contributed by atoms with Gasteiger partial charge in [-0.1, -0.05) is 12.1 Å². The average molecular weight is 499 g/mol. The maximum absolute atomic E-state index is 13.4. The second-order valence-corrected chi connectivity index (χ2v) is 9.80. The number of amides is 2. The van der Waals surface area contributed by atoms with Gasteiger partial charge in [0.25, 0.3) is 11.8 Å². The highest BCUT2D eigenvalue weighted by Gasteiger charge is 2.27. The number of rotatable bonds is 8. The lowest BCUT2D eigenvalue weighted by Crippen LogP contribution is -2.51. The van der Waals surface area contributed by atoms with E-state index in [4.69, 9.17) is 4.74 Å². The highest BCUT2D eigenvalue weighted by Crippen LogP contribution is 2.15. The zero-order chi connectivity index (χ0) is 25.7. The molecule has 0 radical (unpaired) electrons. The number of nitrogens with zero attached hydrogens (tertiary/aromatic N) is 3. The van der Waals surface area contributed by atoms with Crippen LogP contribution in [0, 0.1) is 5.82 Å². The van der Waals surface area contributed by atoms with Gasteiger partial charge in [-0.05, 0) is 50.8 Å². The van der Waals surface area contributed by atoms with Crippen molar-refractivity contribution in [1.82, 2.24) is 19.7 Å². The van der Waals surface area contributed by atoms with Gasteiger partial charge in [-0.25, -0.2) is 4.39 Å². The molecular formula is C27H35FN4O4. The van der Waals surface area contributed by atoms with Crippen molar-refractivity contribution in [2.24, 2.45) is 0 Å². The van der Waals surface area contributed by atoms with E-state index in [-0.39, 0.29) is 35.5 Å². The number of nitrogens with one attached hydrogen (secondary N) is 1. The van der Waals surface area contributed by atoms with Gasteiger partial charge in [-0.3, -0.25) is 19.3 Å². The molecule has 9 heteroatoms. The number of ether oxygens (including phenoxy) is 1. The van der Waals surface area contributed by atoms with Gasteiger partial charge in [0.15, 0.2) is 0 Å². The summed E-state index contributed by atoms with van der Waals surface area (Å²) in [4.78, 5) is 43.7. The van der Waals surface area contributed by atoms with Crippen molar-refractivity contribution in [3.8, 4) is 0 Å². The maximum Gasteiger partial charge on any atom is 0.259 e. The minimum Gasteiger partial charge on any atom is -0.376 e. The number of carbonyl (C=O) groups excluding carboxylic acids is 2. The molecule has 2 amide bonds. The fourth-order valence-electron chi connectivity index (χ4n) is 4.79. The molecule has 0 aliphatic carbocycles. The number of hydrogen-bond acceptors (Lipinski definition) is 5. The normalized spacial score (nSPS) is 18.6. The molecule has 4 rings (SSSR count). The highest BCUT2D eigenvalue weighted by molar-refractivity contribution is 5.99. The minimum absolute atomic E-state index is 0.00349. The van der Waals surface area contributed by atoms with E-state index in [0.29, 0.717) is 38.7 Å². The van der Waals surface area contributed by atoms with Crippen LogP contribution in [0.25, 0.3) is 0 Å². The summed E-state index contributed by atoms with van der Waals surface area (Å²) < 4.78 is 20.9. The SMILES string of the molecule is CC(C)N1CCN(C(=O)c2cn(CC3CCCO3)cc(C(=O)NCCc3cccc(F)c3)c2=O)CC1. The van der Waals surface area contributed by atoms with Crippen molar-refractivity contribution in [2.45, 2.75) is 51.8 Å². The Hall–Kier alpha value is -3.04. The molecule has 1 atom stereocenters. The molecule has 0 saturated carbocycles. The van der Waals surface area contributed by atoms with Gasteiger partial charge in [0.2, 0.25) is 5.43 Å². The van der Waals surface area contributed by atoms with E-state index in [0.717, 1.165) is 31.5 Å². The van der Waals surface area contributed by atoms with E-state index in [1.807, 2.05) is 0 Å². The number of carbonyl (C=O) groups is 2. The van der Waals surface area contributed by atoms with Crippen LogP contribution in [0.2, 0.25) is 0 Å². The van der Waals surface area contributed by atoms with E-state index >= 15 is 0 Å². The Kier molecular flexibility index (Phi) is 8.53. The van der Waals surface area contributed by atoms with Gasteiger partial charge in [0.1, 0.15) is 16.9 Å². The first kappa shape index (κ1) is 26.0. The van der Waals surface area contributed by atoms with E-state index in [1.54, 1.807) is 27.8 Å². The van der Waals surface area contributed by atoms with Crippen molar-refractivity contribution >= 4 is 11.8 Å². The van der Waals surface area contributed by atoms with Gasteiger partial charge in [0.05, 0.1) is 6.10 Å². The number of pyridine rings is 1. The lowest BCUT2D eigenvalue weighted by Gasteiger charge is -2.36. The second-order valence-electron chi connectivity index (χ2n) is 9.80. The van der Waals surface area contributed by atoms with Crippen LogP contribution >= 0.6 is 0 Å². The molecule has 1 unspecified atom stereocenters. The molecule has 2 aromatic rings. The zero-order valence-electron chi connectivity index (χ0n) is 21.0. The largest absolute Gasteiger partial charge is 0.376 e. The summed E-state index contributed by atoms with van der Waals surface area (Å²) in [7, 11) is 0. The third-order valence-electron chi connectivity index (χ3n) is 6.91. The quantitative estimate of drug-likeness (QED) is 0.604. The van der Waals surface area contributed by atoms with Crippen molar-refractivity contribution in [3.63, 3.8) is 0 Å². The van der Waals surface area contributed by atoms with Gasteiger partial charge >= 0.3 is 0 Å². The third kappa shape index (κ3) is 6.39. The van der Waals surface area contributed by atoms with Crippen molar-refractivity contribution < 1.29 is 18.7 Å². The Morgan fingerprint density at radius 1 is 1.14 bits per heavy atom. The van der Waals surface area contributed by atoms with Crippen LogP contribution in [0.3, 0.4) is 0 Å². The number of aromatic nitrogens is 1. The third-order valence-corrected chi connectivity index (χ3v) is 6.91. The van der Waals surface area contributed by atoms with Gasteiger partial charge < -0.3 is 19.5 Å². The van der Waals surface area contributed by atoms with Crippen LogP contribution in [-0.4, -0.2) is 77.7 Å². The molecule has 36 heavy (non-hydrogen) atoms. The summed E-state index contributed by atoms with van der Waals surface area (Å²) in [6.07, 6.45) is 5.33. The molecule has 1 N–H and O–H groups in total. The van der Waals surface area contributed by atoms with Crippen molar-refractivity contribution in [2.75, 3.05) is 39.3 Å². The second kappa shape index (κ2) is 11.8. The number of benzene rings is 1. The Labute approximate surface area is 211 Å². The topological polar surface area (TPSA) is 83.9 Å². The molecule has 194 valence electrons. The summed E-state index contributed by atoms with van der Waals surface area (Å²) in [5.41, 5.74) is 0.108. The smallest absolute Gasteiger partial charge is 0.259 e. The molecular weight excluding hydrogens is 463 g/mol. The van der Waals surface area contributed by atoms with Gasteiger partial charge in [-0.2, -0.15) is 0 Å². The van der Waals surface area contributed by atoms with Crippen LogP contribution in [-0.2, 0) is 17.7 Å².